The van der Waals surface area contributed by atoms with Gasteiger partial charge in [0, 0.05) is 28.9 Å². The molecule has 0 atom stereocenters. The zero-order valence-corrected chi connectivity index (χ0v) is 17.4. The highest BCUT2D eigenvalue weighted by molar-refractivity contribution is 9.10. The van der Waals surface area contributed by atoms with Crippen LogP contribution in [0, 0.1) is 6.92 Å². The highest BCUT2D eigenvalue weighted by atomic mass is 79.9. The minimum absolute atomic E-state index is 0.117. The molecule has 2 heterocycles. The number of benzene rings is 2. The number of aromatic nitrogens is 2. The van der Waals surface area contributed by atoms with Gasteiger partial charge in [0.25, 0.3) is 0 Å². The van der Waals surface area contributed by atoms with Crippen molar-refractivity contribution in [2.24, 2.45) is 0 Å². The fourth-order valence-corrected chi connectivity index (χ4v) is 3.67. The van der Waals surface area contributed by atoms with Gasteiger partial charge in [0.15, 0.2) is 0 Å². The van der Waals surface area contributed by atoms with E-state index in [1.807, 2.05) is 49.4 Å². The van der Waals surface area contributed by atoms with Crippen LogP contribution in [0.5, 0.6) is 0 Å². The Balaban J connectivity index is 1.41. The summed E-state index contributed by atoms with van der Waals surface area (Å²) < 4.78 is 11.7. The molecule has 29 heavy (non-hydrogen) atoms. The van der Waals surface area contributed by atoms with Crippen molar-refractivity contribution in [3.05, 3.63) is 58.4 Å². The van der Waals surface area contributed by atoms with Crippen LogP contribution in [0.15, 0.2) is 51.4 Å². The van der Waals surface area contributed by atoms with Crippen molar-refractivity contribution in [3.63, 3.8) is 0 Å². The number of nitrogens with zero attached hydrogens (tertiary/aromatic N) is 3. The van der Waals surface area contributed by atoms with Gasteiger partial charge >= 0.3 is 17.8 Å². The second-order valence-corrected chi connectivity index (χ2v) is 7.48. The number of morpholine rings is 1. The molecule has 4 rings (SSSR count). The van der Waals surface area contributed by atoms with Crippen molar-refractivity contribution >= 4 is 44.9 Å². The van der Waals surface area contributed by atoms with Gasteiger partial charge < -0.3 is 24.7 Å². The van der Waals surface area contributed by atoms with Crippen molar-refractivity contribution in [3.8, 4) is 0 Å². The Morgan fingerprint density at radius 3 is 2.69 bits per heavy atom. The van der Waals surface area contributed by atoms with E-state index in [1.54, 1.807) is 0 Å². The lowest BCUT2D eigenvalue weighted by molar-refractivity contribution is 0.0991. The molecule has 2 N–H and O–H groups in total. The van der Waals surface area contributed by atoms with Crippen LogP contribution in [0.4, 0.5) is 23.1 Å². The normalized spacial score (nSPS) is 13.9. The maximum Gasteiger partial charge on any atom is 0.320 e. The van der Waals surface area contributed by atoms with Gasteiger partial charge in [-0.3, -0.25) is 4.79 Å². The van der Waals surface area contributed by atoms with E-state index in [4.69, 9.17) is 9.15 Å². The number of nitrogens with one attached hydrogen (secondary N) is 2. The third-order valence-corrected chi connectivity index (χ3v) is 5.08. The van der Waals surface area contributed by atoms with Gasteiger partial charge in [-0.25, -0.2) is 0 Å². The lowest BCUT2D eigenvalue weighted by atomic mass is 10.2. The molecule has 0 bridgehead atoms. The Kier molecular flexibility index (Phi) is 5.77. The minimum Gasteiger partial charge on any atom is -0.399 e. The first-order chi connectivity index (χ1) is 14.1. The predicted molar refractivity (Wildman–Crippen MR) is 114 cm³/mol. The van der Waals surface area contributed by atoms with E-state index in [2.05, 4.69) is 41.7 Å². The molecule has 150 valence electrons. The predicted octanol–water partition coefficient (Wildman–Crippen LogP) is 3.97. The minimum atomic E-state index is -0.471. The standard InChI is InChI=1S/C20H20BrN5O3/c1-13-3-2-4-14(11-13)23-20-25-24-19(29-20)18(27)22-15-5-6-17(16(21)12-15)26-7-9-28-10-8-26/h2-6,11-12H,7-10H2,1H3,(H,22,27)(H,23,25). The molecule has 1 fully saturated rings. The summed E-state index contributed by atoms with van der Waals surface area (Å²) in [5, 5.41) is 13.5. The molecule has 0 aliphatic carbocycles. The number of anilines is 4. The molecule has 3 aromatic rings. The Bertz CT molecular complexity index is 1020. The van der Waals surface area contributed by atoms with Crippen molar-refractivity contribution in [2.75, 3.05) is 41.8 Å². The zero-order chi connectivity index (χ0) is 20.2. The van der Waals surface area contributed by atoms with Crippen molar-refractivity contribution < 1.29 is 13.9 Å². The number of aryl methyl sites for hydroxylation is 1. The number of rotatable bonds is 5. The number of carbonyl (C=O) groups is 1. The maximum absolute atomic E-state index is 12.5. The number of amides is 1. The average Bonchev–Trinajstić information content (AvgIpc) is 3.17. The van der Waals surface area contributed by atoms with E-state index >= 15 is 0 Å². The molecule has 1 saturated heterocycles. The molecule has 1 aliphatic rings. The lowest BCUT2D eigenvalue weighted by Gasteiger charge is -2.29. The van der Waals surface area contributed by atoms with Gasteiger partial charge in [0.05, 0.1) is 18.9 Å². The van der Waals surface area contributed by atoms with Crippen LogP contribution in [0.3, 0.4) is 0 Å². The largest absolute Gasteiger partial charge is 0.399 e. The van der Waals surface area contributed by atoms with E-state index in [-0.39, 0.29) is 11.9 Å². The number of halogens is 1. The van der Waals surface area contributed by atoms with Crippen LogP contribution in [0.1, 0.15) is 16.2 Å². The van der Waals surface area contributed by atoms with E-state index in [1.165, 1.54) is 0 Å². The van der Waals surface area contributed by atoms with E-state index in [9.17, 15) is 4.79 Å². The Morgan fingerprint density at radius 2 is 1.93 bits per heavy atom. The van der Waals surface area contributed by atoms with Gasteiger partial charge in [-0.1, -0.05) is 17.2 Å². The van der Waals surface area contributed by atoms with E-state index < -0.39 is 5.91 Å². The monoisotopic (exact) mass is 457 g/mol. The topological polar surface area (TPSA) is 92.5 Å². The Labute approximate surface area is 176 Å². The lowest BCUT2D eigenvalue weighted by Crippen LogP contribution is -2.36. The van der Waals surface area contributed by atoms with Crippen LogP contribution in [-0.2, 0) is 4.74 Å². The molecule has 8 nitrogen and oxygen atoms in total. The summed E-state index contributed by atoms with van der Waals surface area (Å²) in [4.78, 5) is 14.7. The second-order valence-electron chi connectivity index (χ2n) is 6.63. The SMILES string of the molecule is Cc1cccc(Nc2nnc(C(=O)Nc3ccc(N4CCOCC4)c(Br)c3)o2)c1. The van der Waals surface area contributed by atoms with Crippen LogP contribution in [-0.4, -0.2) is 42.4 Å². The molecule has 9 heteroatoms. The third kappa shape index (κ3) is 4.75. The van der Waals surface area contributed by atoms with Crippen molar-refractivity contribution in [1.82, 2.24) is 10.2 Å². The quantitative estimate of drug-likeness (QED) is 0.598. The molecule has 0 spiro atoms. The summed E-state index contributed by atoms with van der Waals surface area (Å²) in [6, 6.07) is 13.5. The maximum atomic E-state index is 12.5. The van der Waals surface area contributed by atoms with Gasteiger partial charge in [-0.2, -0.15) is 0 Å². The molecule has 2 aromatic carbocycles. The van der Waals surface area contributed by atoms with E-state index in [0.29, 0.717) is 18.9 Å². The first kappa shape index (κ1) is 19.4. The number of ether oxygens (including phenoxy) is 1. The van der Waals surface area contributed by atoms with E-state index in [0.717, 1.165) is 34.5 Å². The first-order valence-corrected chi connectivity index (χ1v) is 9.98. The molecule has 1 aromatic heterocycles. The summed E-state index contributed by atoms with van der Waals surface area (Å²) in [6.45, 7) is 5.08. The average molecular weight is 458 g/mol. The molecule has 0 saturated carbocycles. The first-order valence-electron chi connectivity index (χ1n) is 9.19. The number of hydrogen-bond donors (Lipinski definition) is 2. The molecule has 0 unspecified atom stereocenters. The molecule has 0 radical (unpaired) electrons. The van der Waals surface area contributed by atoms with Crippen LogP contribution >= 0.6 is 15.9 Å². The Morgan fingerprint density at radius 1 is 1.10 bits per heavy atom. The molecule has 1 aliphatic heterocycles. The fourth-order valence-electron chi connectivity index (χ4n) is 3.04. The number of carbonyl (C=O) groups excluding carboxylic acids is 1. The van der Waals surface area contributed by atoms with Crippen molar-refractivity contribution in [1.29, 1.82) is 0 Å². The summed E-state index contributed by atoms with van der Waals surface area (Å²) in [7, 11) is 0. The summed E-state index contributed by atoms with van der Waals surface area (Å²) in [5.41, 5.74) is 3.60. The van der Waals surface area contributed by atoms with Gasteiger partial charge in [0.2, 0.25) is 0 Å². The molecular formula is C20H20BrN5O3. The number of hydrogen-bond acceptors (Lipinski definition) is 7. The summed E-state index contributed by atoms with van der Waals surface area (Å²) in [6.07, 6.45) is 0. The van der Waals surface area contributed by atoms with Gasteiger partial charge in [-0.15, -0.1) is 5.10 Å². The highest BCUT2D eigenvalue weighted by Gasteiger charge is 2.18. The molecule has 1 amide bonds. The highest BCUT2D eigenvalue weighted by Crippen LogP contribution is 2.30. The van der Waals surface area contributed by atoms with Crippen LogP contribution in [0.25, 0.3) is 0 Å². The van der Waals surface area contributed by atoms with Gasteiger partial charge in [-0.05, 0) is 58.7 Å². The zero-order valence-electron chi connectivity index (χ0n) is 15.8. The van der Waals surface area contributed by atoms with Crippen molar-refractivity contribution in [2.45, 2.75) is 6.92 Å². The smallest absolute Gasteiger partial charge is 0.320 e. The summed E-state index contributed by atoms with van der Waals surface area (Å²) >= 11 is 3.58. The van der Waals surface area contributed by atoms with Gasteiger partial charge in [0.1, 0.15) is 0 Å². The summed E-state index contributed by atoms with van der Waals surface area (Å²) in [5.74, 6) is -0.589. The van der Waals surface area contributed by atoms with Crippen LogP contribution < -0.4 is 15.5 Å². The Hall–Kier alpha value is -2.91. The second kappa shape index (κ2) is 8.62. The fraction of sp³-hybridized carbons (Fsp3) is 0.250. The third-order valence-electron chi connectivity index (χ3n) is 4.45. The van der Waals surface area contributed by atoms with Crippen LogP contribution in [0.2, 0.25) is 0 Å². The molecular weight excluding hydrogens is 438 g/mol.